The summed E-state index contributed by atoms with van der Waals surface area (Å²) in [4.78, 5) is 28.8. The molecule has 0 fully saturated rings. The first-order chi connectivity index (χ1) is 10.1. The van der Waals surface area contributed by atoms with Crippen LogP contribution in [0.5, 0.6) is 0 Å². The zero-order chi connectivity index (χ0) is 15.2. The third-order valence-electron chi connectivity index (χ3n) is 2.80. The molecule has 0 bridgehead atoms. The van der Waals surface area contributed by atoms with E-state index in [1.165, 1.54) is 11.3 Å². The van der Waals surface area contributed by atoms with Gasteiger partial charge in [0.1, 0.15) is 4.88 Å². The largest absolute Gasteiger partial charge is 0.351 e. The number of hydrogen-bond donors (Lipinski definition) is 3. The van der Waals surface area contributed by atoms with Crippen LogP contribution in [0.25, 0.3) is 0 Å². The van der Waals surface area contributed by atoms with E-state index in [2.05, 4.69) is 15.6 Å². The number of carbonyl (C=O) groups excluding carboxylic acids is 2. The van der Waals surface area contributed by atoms with Gasteiger partial charge in [-0.1, -0.05) is 12.1 Å². The van der Waals surface area contributed by atoms with E-state index >= 15 is 0 Å². The lowest BCUT2D eigenvalue weighted by Gasteiger charge is -2.10. The SMILES string of the molecule is Cc1ncsc1C(=O)Nc1ccccc1C(=O)NCCN. The normalized spacial score (nSPS) is 10.2. The summed E-state index contributed by atoms with van der Waals surface area (Å²) in [6, 6.07) is 6.84. The minimum atomic E-state index is -0.269. The third-order valence-corrected chi connectivity index (χ3v) is 3.73. The lowest BCUT2D eigenvalue weighted by molar-refractivity contribution is 0.0955. The van der Waals surface area contributed by atoms with Crippen molar-refractivity contribution in [3.05, 3.63) is 45.9 Å². The Morgan fingerprint density at radius 1 is 1.29 bits per heavy atom. The van der Waals surface area contributed by atoms with Gasteiger partial charge in [0, 0.05) is 13.1 Å². The molecule has 4 N–H and O–H groups in total. The average molecular weight is 304 g/mol. The Hall–Kier alpha value is -2.25. The number of rotatable bonds is 5. The highest BCUT2D eigenvalue weighted by atomic mass is 32.1. The Balaban J connectivity index is 2.19. The highest BCUT2D eigenvalue weighted by Gasteiger charge is 2.16. The molecule has 2 amide bonds. The number of anilines is 1. The molecule has 0 aliphatic carbocycles. The molecule has 0 unspecified atom stereocenters. The Kier molecular flexibility index (Phi) is 5.02. The molecular weight excluding hydrogens is 288 g/mol. The molecule has 110 valence electrons. The molecule has 0 aliphatic rings. The number of amides is 2. The molecule has 6 nitrogen and oxygen atoms in total. The van der Waals surface area contributed by atoms with Crippen molar-refractivity contribution in [1.29, 1.82) is 0 Å². The first kappa shape index (κ1) is 15.1. The molecular formula is C14H16N4O2S. The fraction of sp³-hybridized carbons (Fsp3) is 0.214. The molecule has 0 radical (unpaired) electrons. The third kappa shape index (κ3) is 3.65. The quantitative estimate of drug-likeness (QED) is 0.777. The lowest BCUT2D eigenvalue weighted by Crippen LogP contribution is -2.29. The fourth-order valence-corrected chi connectivity index (χ4v) is 2.47. The van der Waals surface area contributed by atoms with Gasteiger partial charge in [-0.15, -0.1) is 11.3 Å². The van der Waals surface area contributed by atoms with Crippen molar-refractivity contribution in [2.75, 3.05) is 18.4 Å². The maximum absolute atomic E-state index is 12.2. The van der Waals surface area contributed by atoms with Crippen LogP contribution in [-0.2, 0) is 0 Å². The van der Waals surface area contributed by atoms with Crippen molar-refractivity contribution in [3.63, 3.8) is 0 Å². The molecule has 0 aliphatic heterocycles. The second-order valence-electron chi connectivity index (χ2n) is 4.31. The Labute approximate surface area is 126 Å². The number of nitrogens with zero attached hydrogens (tertiary/aromatic N) is 1. The number of carbonyl (C=O) groups is 2. The second kappa shape index (κ2) is 6.96. The summed E-state index contributed by atoms with van der Waals surface area (Å²) in [5.41, 5.74) is 8.52. The molecule has 0 saturated carbocycles. The molecule has 0 spiro atoms. The molecule has 1 aromatic heterocycles. The number of aromatic nitrogens is 1. The zero-order valence-electron chi connectivity index (χ0n) is 11.6. The first-order valence-electron chi connectivity index (χ1n) is 6.42. The Morgan fingerprint density at radius 3 is 2.71 bits per heavy atom. The fourth-order valence-electron chi connectivity index (χ4n) is 1.77. The lowest BCUT2D eigenvalue weighted by atomic mass is 10.1. The summed E-state index contributed by atoms with van der Waals surface area (Å²) in [6.45, 7) is 2.51. The Bertz CT molecular complexity index is 654. The van der Waals surface area contributed by atoms with Crippen LogP contribution in [-0.4, -0.2) is 29.9 Å². The van der Waals surface area contributed by atoms with Crippen molar-refractivity contribution >= 4 is 28.8 Å². The Morgan fingerprint density at radius 2 is 2.05 bits per heavy atom. The number of hydrogen-bond acceptors (Lipinski definition) is 5. The second-order valence-corrected chi connectivity index (χ2v) is 5.17. The number of benzene rings is 1. The molecule has 1 aromatic carbocycles. The summed E-state index contributed by atoms with van der Waals surface area (Å²) in [5.74, 6) is -0.536. The van der Waals surface area contributed by atoms with Crippen molar-refractivity contribution in [2.45, 2.75) is 6.92 Å². The number of para-hydroxylation sites is 1. The maximum Gasteiger partial charge on any atom is 0.267 e. The van der Waals surface area contributed by atoms with E-state index in [1.54, 1.807) is 36.7 Å². The van der Waals surface area contributed by atoms with Gasteiger partial charge in [-0.2, -0.15) is 0 Å². The monoisotopic (exact) mass is 304 g/mol. The minimum Gasteiger partial charge on any atom is -0.351 e. The van der Waals surface area contributed by atoms with Crippen LogP contribution in [0.1, 0.15) is 25.7 Å². The van der Waals surface area contributed by atoms with E-state index in [-0.39, 0.29) is 11.8 Å². The van der Waals surface area contributed by atoms with Gasteiger partial charge in [0.2, 0.25) is 0 Å². The van der Waals surface area contributed by atoms with Gasteiger partial charge in [-0.25, -0.2) is 4.98 Å². The van der Waals surface area contributed by atoms with Crippen LogP contribution in [0.15, 0.2) is 29.8 Å². The summed E-state index contributed by atoms with van der Waals surface area (Å²) in [7, 11) is 0. The van der Waals surface area contributed by atoms with Crippen molar-refractivity contribution in [1.82, 2.24) is 10.3 Å². The van der Waals surface area contributed by atoms with Crippen LogP contribution in [0.3, 0.4) is 0 Å². The van der Waals surface area contributed by atoms with Crippen LogP contribution in [0.2, 0.25) is 0 Å². The molecule has 2 aromatic rings. The van der Waals surface area contributed by atoms with Gasteiger partial charge in [0.15, 0.2) is 0 Å². The topological polar surface area (TPSA) is 97.1 Å². The van der Waals surface area contributed by atoms with Gasteiger partial charge in [-0.3, -0.25) is 9.59 Å². The summed E-state index contributed by atoms with van der Waals surface area (Å²) < 4.78 is 0. The molecule has 0 saturated heterocycles. The molecule has 7 heteroatoms. The van der Waals surface area contributed by atoms with E-state index in [9.17, 15) is 9.59 Å². The summed E-state index contributed by atoms with van der Waals surface area (Å²) in [6.07, 6.45) is 0. The van der Waals surface area contributed by atoms with Crippen LogP contribution >= 0.6 is 11.3 Å². The van der Waals surface area contributed by atoms with Gasteiger partial charge >= 0.3 is 0 Å². The summed E-state index contributed by atoms with van der Waals surface area (Å²) in [5, 5.41) is 5.43. The van der Waals surface area contributed by atoms with Gasteiger partial charge in [-0.05, 0) is 19.1 Å². The highest BCUT2D eigenvalue weighted by molar-refractivity contribution is 7.12. The van der Waals surface area contributed by atoms with Gasteiger partial charge < -0.3 is 16.4 Å². The zero-order valence-corrected chi connectivity index (χ0v) is 12.4. The summed E-state index contributed by atoms with van der Waals surface area (Å²) >= 11 is 1.26. The molecule has 1 heterocycles. The predicted octanol–water partition coefficient (Wildman–Crippen LogP) is 1.39. The van der Waals surface area contributed by atoms with Crippen LogP contribution < -0.4 is 16.4 Å². The van der Waals surface area contributed by atoms with Gasteiger partial charge in [0.05, 0.1) is 22.5 Å². The van der Waals surface area contributed by atoms with Crippen molar-refractivity contribution in [3.8, 4) is 0 Å². The number of aryl methyl sites for hydroxylation is 1. The van der Waals surface area contributed by atoms with Crippen molar-refractivity contribution in [2.24, 2.45) is 5.73 Å². The van der Waals surface area contributed by atoms with E-state index in [4.69, 9.17) is 5.73 Å². The van der Waals surface area contributed by atoms with E-state index in [0.29, 0.717) is 34.9 Å². The van der Waals surface area contributed by atoms with E-state index in [0.717, 1.165) is 0 Å². The van der Waals surface area contributed by atoms with Gasteiger partial charge in [0.25, 0.3) is 11.8 Å². The van der Waals surface area contributed by atoms with E-state index in [1.807, 2.05) is 0 Å². The number of nitrogens with two attached hydrogens (primary N) is 1. The van der Waals surface area contributed by atoms with Crippen LogP contribution in [0.4, 0.5) is 5.69 Å². The maximum atomic E-state index is 12.2. The minimum absolute atomic E-state index is 0.266. The van der Waals surface area contributed by atoms with Crippen LogP contribution in [0, 0.1) is 6.92 Å². The molecule has 21 heavy (non-hydrogen) atoms. The number of thiazole rings is 1. The number of nitrogens with one attached hydrogen (secondary N) is 2. The average Bonchev–Trinajstić information content (AvgIpc) is 2.91. The standard InChI is InChI=1S/C14H16N4O2S/c1-9-12(21-8-17-9)14(20)18-11-5-3-2-4-10(11)13(19)16-7-6-15/h2-5,8H,6-7,15H2,1H3,(H,16,19)(H,18,20). The predicted molar refractivity (Wildman–Crippen MR) is 82.6 cm³/mol. The molecule has 2 rings (SSSR count). The smallest absolute Gasteiger partial charge is 0.267 e. The first-order valence-corrected chi connectivity index (χ1v) is 7.30. The molecule has 0 atom stereocenters. The van der Waals surface area contributed by atoms with E-state index < -0.39 is 0 Å². The highest BCUT2D eigenvalue weighted by Crippen LogP contribution is 2.19. The van der Waals surface area contributed by atoms with Crippen molar-refractivity contribution < 1.29 is 9.59 Å².